The van der Waals surface area contributed by atoms with Gasteiger partial charge in [0.25, 0.3) is 0 Å². The van der Waals surface area contributed by atoms with Crippen molar-refractivity contribution in [1.82, 2.24) is 14.8 Å². The van der Waals surface area contributed by atoms with Crippen molar-refractivity contribution >= 4 is 22.9 Å². The van der Waals surface area contributed by atoms with Gasteiger partial charge < -0.3 is 14.2 Å². The molecule has 1 saturated carbocycles. The van der Waals surface area contributed by atoms with Crippen LogP contribution in [0.2, 0.25) is 0 Å². The summed E-state index contributed by atoms with van der Waals surface area (Å²) in [5, 5.41) is 0. The van der Waals surface area contributed by atoms with Gasteiger partial charge in [0.1, 0.15) is 0 Å². The summed E-state index contributed by atoms with van der Waals surface area (Å²) in [7, 11) is 0. The minimum Gasteiger partial charge on any atom is -0.408 e. The van der Waals surface area contributed by atoms with Gasteiger partial charge in [0.2, 0.25) is 11.8 Å². The first-order chi connectivity index (χ1) is 12.6. The Bertz CT molecular complexity index is 870. The van der Waals surface area contributed by atoms with Gasteiger partial charge in [0.15, 0.2) is 5.58 Å². The third kappa shape index (κ3) is 3.38. The van der Waals surface area contributed by atoms with Crippen LogP contribution in [-0.4, -0.2) is 52.8 Å². The SMILES string of the molecule is O=C(Cc1ccc2oc(=O)[nH]c2c1)N1CCN(C(=O)C2CCCC2)CC1. The first kappa shape index (κ1) is 16.9. The Morgan fingerprint density at radius 1 is 1.08 bits per heavy atom. The van der Waals surface area contributed by atoms with Gasteiger partial charge in [0, 0.05) is 32.1 Å². The second kappa shape index (κ2) is 6.97. The summed E-state index contributed by atoms with van der Waals surface area (Å²) < 4.78 is 4.98. The minimum absolute atomic E-state index is 0.0446. The summed E-state index contributed by atoms with van der Waals surface area (Å²) in [5.74, 6) is 0.0137. The van der Waals surface area contributed by atoms with Gasteiger partial charge >= 0.3 is 5.76 Å². The molecule has 2 aliphatic rings. The molecule has 1 aromatic carbocycles. The molecule has 26 heavy (non-hydrogen) atoms. The number of nitrogens with one attached hydrogen (secondary N) is 1. The van der Waals surface area contributed by atoms with E-state index in [1.807, 2.05) is 9.80 Å². The number of nitrogens with zero attached hydrogens (tertiary/aromatic N) is 2. The predicted molar refractivity (Wildman–Crippen MR) is 95.7 cm³/mol. The maximum Gasteiger partial charge on any atom is 0.417 e. The van der Waals surface area contributed by atoms with E-state index in [1.165, 1.54) is 0 Å². The standard InChI is InChI=1S/C19H23N3O4/c23-17(12-13-5-6-16-15(11-13)20-19(25)26-16)21-7-9-22(10-8-21)18(24)14-3-1-2-4-14/h5-6,11,14H,1-4,7-10,12H2,(H,20,25). The van der Waals surface area contributed by atoms with Gasteiger partial charge in [-0.3, -0.25) is 14.6 Å². The van der Waals surface area contributed by atoms with Crippen molar-refractivity contribution < 1.29 is 14.0 Å². The summed E-state index contributed by atoms with van der Waals surface area (Å²) in [6.45, 7) is 2.41. The van der Waals surface area contributed by atoms with Crippen LogP contribution in [0.1, 0.15) is 31.2 Å². The Labute approximate surface area is 150 Å². The van der Waals surface area contributed by atoms with Crippen molar-refractivity contribution in [2.24, 2.45) is 5.92 Å². The van der Waals surface area contributed by atoms with E-state index in [0.717, 1.165) is 31.2 Å². The van der Waals surface area contributed by atoms with E-state index in [0.29, 0.717) is 37.3 Å². The second-order valence-corrected chi connectivity index (χ2v) is 7.21. The number of hydrogen-bond acceptors (Lipinski definition) is 4. The lowest BCUT2D eigenvalue weighted by Crippen LogP contribution is -2.52. The highest BCUT2D eigenvalue weighted by atomic mass is 16.4. The molecule has 0 spiro atoms. The first-order valence-corrected chi connectivity index (χ1v) is 9.28. The number of hydrogen-bond donors (Lipinski definition) is 1. The lowest BCUT2D eigenvalue weighted by Gasteiger charge is -2.36. The summed E-state index contributed by atoms with van der Waals surface area (Å²) in [5.41, 5.74) is 1.93. The Kier molecular flexibility index (Phi) is 4.53. The predicted octanol–water partition coefficient (Wildman–Crippen LogP) is 1.52. The lowest BCUT2D eigenvalue weighted by atomic mass is 10.1. The molecule has 1 saturated heterocycles. The van der Waals surface area contributed by atoms with Crippen LogP contribution in [0.5, 0.6) is 0 Å². The molecule has 138 valence electrons. The van der Waals surface area contributed by atoms with Crippen LogP contribution in [0.3, 0.4) is 0 Å². The summed E-state index contributed by atoms with van der Waals surface area (Å²) in [6, 6.07) is 5.28. The van der Waals surface area contributed by atoms with Crippen molar-refractivity contribution in [3.8, 4) is 0 Å². The fourth-order valence-corrected chi connectivity index (χ4v) is 4.00. The van der Waals surface area contributed by atoms with Gasteiger partial charge in [-0.1, -0.05) is 18.9 Å². The molecule has 0 bridgehead atoms. The molecule has 7 nitrogen and oxygen atoms in total. The van der Waals surface area contributed by atoms with Crippen molar-refractivity contribution in [1.29, 1.82) is 0 Å². The molecular formula is C19H23N3O4. The van der Waals surface area contributed by atoms with Crippen molar-refractivity contribution in [2.75, 3.05) is 26.2 Å². The third-order valence-corrected chi connectivity index (χ3v) is 5.49. The van der Waals surface area contributed by atoms with E-state index < -0.39 is 5.76 Å². The van der Waals surface area contributed by atoms with Gasteiger partial charge in [-0.2, -0.15) is 0 Å². The fourth-order valence-electron chi connectivity index (χ4n) is 4.00. The number of fused-ring (bicyclic) bond motifs is 1. The number of oxazole rings is 1. The Hall–Kier alpha value is -2.57. The van der Waals surface area contributed by atoms with Crippen LogP contribution in [0.4, 0.5) is 0 Å². The summed E-state index contributed by atoms with van der Waals surface area (Å²) >= 11 is 0. The van der Waals surface area contributed by atoms with Crippen molar-refractivity contribution in [3.63, 3.8) is 0 Å². The molecule has 0 atom stereocenters. The quantitative estimate of drug-likeness (QED) is 0.902. The van der Waals surface area contributed by atoms with Crippen LogP contribution >= 0.6 is 0 Å². The Balaban J connectivity index is 1.34. The summed E-state index contributed by atoms with van der Waals surface area (Å²) in [6.07, 6.45) is 4.61. The van der Waals surface area contributed by atoms with E-state index in [4.69, 9.17) is 4.42 Å². The molecule has 0 unspecified atom stereocenters. The molecule has 2 amide bonds. The fraction of sp³-hybridized carbons (Fsp3) is 0.526. The molecule has 1 N–H and O–H groups in total. The topological polar surface area (TPSA) is 86.6 Å². The van der Waals surface area contributed by atoms with Crippen LogP contribution in [-0.2, 0) is 16.0 Å². The molecule has 7 heteroatoms. The summed E-state index contributed by atoms with van der Waals surface area (Å²) in [4.78, 5) is 42.6. The van der Waals surface area contributed by atoms with Crippen LogP contribution in [0, 0.1) is 5.92 Å². The minimum atomic E-state index is -0.494. The van der Waals surface area contributed by atoms with Crippen LogP contribution in [0.15, 0.2) is 27.4 Å². The molecular weight excluding hydrogens is 334 g/mol. The van der Waals surface area contributed by atoms with Crippen molar-refractivity contribution in [2.45, 2.75) is 32.1 Å². The van der Waals surface area contributed by atoms with E-state index in [2.05, 4.69) is 4.98 Å². The third-order valence-electron chi connectivity index (χ3n) is 5.49. The smallest absolute Gasteiger partial charge is 0.408 e. The normalized spacial score (nSPS) is 18.6. The van der Waals surface area contributed by atoms with E-state index in [-0.39, 0.29) is 24.2 Å². The molecule has 1 aliphatic carbocycles. The number of aromatic nitrogens is 1. The number of aromatic amines is 1. The maximum atomic E-state index is 12.6. The molecule has 0 radical (unpaired) electrons. The van der Waals surface area contributed by atoms with Gasteiger partial charge in [0.05, 0.1) is 11.9 Å². The number of H-pyrrole nitrogens is 1. The zero-order valence-corrected chi connectivity index (χ0v) is 14.7. The largest absolute Gasteiger partial charge is 0.417 e. The molecule has 4 rings (SSSR count). The van der Waals surface area contributed by atoms with Gasteiger partial charge in [-0.05, 0) is 30.5 Å². The van der Waals surface area contributed by atoms with Crippen molar-refractivity contribution in [3.05, 3.63) is 34.3 Å². The Morgan fingerprint density at radius 2 is 1.77 bits per heavy atom. The molecule has 1 aromatic heterocycles. The highest BCUT2D eigenvalue weighted by Crippen LogP contribution is 2.27. The number of amides is 2. The number of benzene rings is 1. The van der Waals surface area contributed by atoms with Gasteiger partial charge in [-0.25, -0.2) is 4.79 Å². The monoisotopic (exact) mass is 357 g/mol. The van der Waals surface area contributed by atoms with E-state index in [1.54, 1.807) is 18.2 Å². The van der Waals surface area contributed by atoms with E-state index in [9.17, 15) is 14.4 Å². The molecule has 2 heterocycles. The second-order valence-electron chi connectivity index (χ2n) is 7.21. The average molecular weight is 357 g/mol. The molecule has 2 fully saturated rings. The maximum absolute atomic E-state index is 12.6. The zero-order chi connectivity index (χ0) is 18.1. The molecule has 2 aromatic rings. The number of carbonyl (C=O) groups is 2. The van der Waals surface area contributed by atoms with Crippen LogP contribution in [0.25, 0.3) is 11.1 Å². The Morgan fingerprint density at radius 3 is 2.50 bits per heavy atom. The molecule has 1 aliphatic heterocycles. The number of carbonyl (C=O) groups excluding carboxylic acids is 2. The zero-order valence-electron chi connectivity index (χ0n) is 14.7. The van der Waals surface area contributed by atoms with Gasteiger partial charge in [-0.15, -0.1) is 0 Å². The highest BCUT2D eigenvalue weighted by Gasteiger charge is 2.30. The number of piperazine rings is 1. The number of rotatable bonds is 3. The van der Waals surface area contributed by atoms with E-state index >= 15 is 0 Å². The highest BCUT2D eigenvalue weighted by molar-refractivity contribution is 5.82. The average Bonchev–Trinajstić information content (AvgIpc) is 3.29. The first-order valence-electron chi connectivity index (χ1n) is 9.28. The van der Waals surface area contributed by atoms with Crippen LogP contribution < -0.4 is 5.76 Å². The lowest BCUT2D eigenvalue weighted by molar-refractivity contribution is -0.141.